The molecule has 2 aromatic heterocycles. The number of hydrogen-bond donors (Lipinski definition) is 0. The second-order valence-corrected chi connectivity index (χ2v) is 23.0. The molecule has 6 heterocycles. The first kappa shape index (κ1) is 39.7. The van der Waals surface area contributed by atoms with Crippen LogP contribution in [0.2, 0.25) is 16.6 Å². The van der Waals surface area contributed by atoms with Crippen molar-refractivity contribution in [2.75, 3.05) is 45.0 Å². The summed E-state index contributed by atoms with van der Waals surface area (Å²) in [5.41, 5.74) is 4.54. The number of pyridine rings is 1. The molecule has 4 atom stereocenters. The van der Waals surface area contributed by atoms with Crippen LogP contribution in [0.5, 0.6) is 17.6 Å². The van der Waals surface area contributed by atoms with E-state index < -0.39 is 31.4 Å². The van der Waals surface area contributed by atoms with E-state index in [0.717, 1.165) is 32.2 Å². The van der Waals surface area contributed by atoms with Crippen molar-refractivity contribution in [3.8, 4) is 40.4 Å². The molecule has 2 aromatic carbocycles. The second-order valence-electron chi connectivity index (χ2n) is 17.4. The largest absolute Gasteiger partial charge is 0.472 e. The Hall–Kier alpha value is -4.12. The highest BCUT2D eigenvalue weighted by molar-refractivity contribution is 6.90. The molecular weight excluding hydrogens is 748 g/mol. The van der Waals surface area contributed by atoms with Crippen LogP contribution in [0.1, 0.15) is 86.1 Å². The predicted octanol–water partition coefficient (Wildman–Crippen LogP) is 9.38. The molecule has 13 heteroatoms. The molecule has 0 saturated carbocycles. The van der Waals surface area contributed by atoms with Gasteiger partial charge in [-0.1, -0.05) is 53.5 Å². The summed E-state index contributed by atoms with van der Waals surface area (Å²) in [4.78, 5) is 18.9. The Morgan fingerprint density at radius 3 is 2.49 bits per heavy atom. The van der Waals surface area contributed by atoms with Crippen LogP contribution < -0.4 is 19.1 Å². The number of ether oxygens (including phenoxy) is 4. The number of alkyl halides is 1. The molecule has 8 rings (SSSR count). The number of anilines is 1. The molecule has 0 bridgehead atoms. The van der Waals surface area contributed by atoms with E-state index in [1.165, 1.54) is 13.2 Å². The van der Waals surface area contributed by atoms with Gasteiger partial charge in [-0.25, -0.2) is 18.2 Å². The van der Waals surface area contributed by atoms with Gasteiger partial charge in [0.2, 0.25) is 5.88 Å². The van der Waals surface area contributed by atoms with Gasteiger partial charge >= 0.3 is 6.01 Å². The zero-order chi connectivity index (χ0) is 40.4. The normalized spacial score (nSPS) is 23.3. The first-order valence-electron chi connectivity index (χ1n) is 20.6. The third-order valence-corrected chi connectivity index (χ3v) is 19.6. The van der Waals surface area contributed by atoms with Gasteiger partial charge in [-0.15, -0.1) is 5.54 Å². The summed E-state index contributed by atoms with van der Waals surface area (Å²) in [5.74, 6) is 3.18. The number of fused-ring (bicyclic) bond motifs is 4. The molecule has 0 N–H and O–H groups in total. The number of aromatic nitrogens is 3. The summed E-state index contributed by atoms with van der Waals surface area (Å²) in [7, 11) is -0.787. The van der Waals surface area contributed by atoms with Crippen molar-refractivity contribution in [3.63, 3.8) is 0 Å². The third kappa shape index (κ3) is 6.69. The summed E-state index contributed by atoms with van der Waals surface area (Å²) >= 11 is 0. The van der Waals surface area contributed by atoms with Crippen molar-refractivity contribution in [2.24, 2.45) is 0 Å². The maximum atomic E-state index is 17.7. The molecule has 9 nitrogen and oxygen atoms in total. The Morgan fingerprint density at radius 2 is 1.75 bits per heavy atom. The average Bonchev–Trinajstić information content (AvgIpc) is 3.87. The van der Waals surface area contributed by atoms with Gasteiger partial charge in [0.25, 0.3) is 0 Å². The zero-order valence-corrected chi connectivity index (χ0v) is 35.3. The van der Waals surface area contributed by atoms with Gasteiger partial charge in [-0.2, -0.15) is 9.97 Å². The smallest absolute Gasteiger partial charge is 0.319 e. The van der Waals surface area contributed by atoms with Gasteiger partial charge in [-0.3, -0.25) is 4.90 Å². The lowest BCUT2D eigenvalue weighted by Gasteiger charge is -2.38. The van der Waals surface area contributed by atoms with Crippen LogP contribution in [0, 0.1) is 23.1 Å². The van der Waals surface area contributed by atoms with Gasteiger partial charge in [0, 0.05) is 37.6 Å². The molecule has 304 valence electrons. The fourth-order valence-corrected chi connectivity index (χ4v) is 15.8. The van der Waals surface area contributed by atoms with E-state index in [9.17, 15) is 4.39 Å². The van der Waals surface area contributed by atoms with Gasteiger partial charge in [-0.05, 0) is 79.4 Å². The maximum absolute atomic E-state index is 17.7. The minimum absolute atomic E-state index is 0.0141. The summed E-state index contributed by atoms with van der Waals surface area (Å²) in [5, 5.41) is 1.38. The standard InChI is InChI=1S/C44H54F3N5O4Si/c1-25(2)57(26(3)4,27(5)6)18-14-32-34(46)13-12-29-19-31(55-24-53-8)20-33(36(29)32)39-38(47)40-37-41(52-17-9-11-35(52)28(7)56-42(37)48-39)50-43(49-40)54-23-44-15-10-16-51(44)22-30(45)21-44/h12-13,19-20,25-28,30,35H,9-11,15-17,21-24H2,1-8H3/t28-,30+,35-,44-/m0/s1. The Kier molecular flexibility index (Phi) is 10.6. The molecule has 57 heavy (non-hydrogen) atoms. The van der Waals surface area contributed by atoms with Crippen LogP contribution in [0.3, 0.4) is 0 Å². The van der Waals surface area contributed by atoms with Gasteiger partial charge < -0.3 is 23.8 Å². The minimum Gasteiger partial charge on any atom is -0.472 e. The number of hydrogen-bond acceptors (Lipinski definition) is 9. The van der Waals surface area contributed by atoms with Crippen molar-refractivity contribution < 1.29 is 32.1 Å². The predicted molar refractivity (Wildman–Crippen MR) is 220 cm³/mol. The summed E-state index contributed by atoms with van der Waals surface area (Å²) in [6.45, 7) is 17.3. The summed E-state index contributed by atoms with van der Waals surface area (Å²) in [6.07, 6.45) is 2.70. The molecule has 0 spiro atoms. The Morgan fingerprint density at radius 1 is 0.982 bits per heavy atom. The quantitative estimate of drug-likeness (QED) is 0.0886. The topological polar surface area (TPSA) is 82.1 Å². The van der Waals surface area contributed by atoms with Crippen molar-refractivity contribution in [3.05, 3.63) is 41.5 Å². The SMILES string of the molecule is COCOc1cc(-c2nc3c4c(nc(OC[C@@]56CCCN5C[C@H](F)C6)nc4c2F)N2CCC[C@H]2[C@H](C)O3)c2c(C#C[Si](C(C)C)(C(C)C)C(C)C)c(F)ccc2c1. The molecule has 3 saturated heterocycles. The number of benzene rings is 2. The molecule has 4 aliphatic heterocycles. The molecule has 4 aliphatic rings. The molecular formula is C44H54F3N5O4Si. The minimum atomic E-state index is -2.31. The third-order valence-electron chi connectivity index (χ3n) is 13.3. The van der Waals surface area contributed by atoms with Crippen molar-refractivity contribution >= 4 is 35.6 Å². The molecule has 3 fully saturated rings. The molecule has 0 amide bonds. The summed E-state index contributed by atoms with van der Waals surface area (Å²) in [6, 6.07) is 6.48. The van der Waals surface area contributed by atoms with E-state index in [-0.39, 0.29) is 59.8 Å². The van der Waals surface area contributed by atoms with Gasteiger partial charge in [0.1, 0.15) is 60.9 Å². The molecule has 4 aromatic rings. The first-order valence-corrected chi connectivity index (χ1v) is 22.8. The van der Waals surface area contributed by atoms with E-state index >= 15 is 8.78 Å². The lowest BCUT2D eigenvalue weighted by atomic mass is 9.95. The van der Waals surface area contributed by atoms with Gasteiger partial charge in [0.15, 0.2) is 12.6 Å². The number of rotatable bonds is 10. The van der Waals surface area contributed by atoms with Crippen LogP contribution in [0.25, 0.3) is 32.9 Å². The Labute approximate surface area is 334 Å². The second kappa shape index (κ2) is 15.2. The Bertz CT molecular complexity index is 2240. The highest BCUT2D eigenvalue weighted by atomic mass is 28.3. The van der Waals surface area contributed by atoms with Crippen LogP contribution in [0.15, 0.2) is 24.3 Å². The first-order chi connectivity index (χ1) is 27.3. The monoisotopic (exact) mass is 801 g/mol. The van der Waals surface area contributed by atoms with Crippen molar-refractivity contribution in [1.82, 2.24) is 19.9 Å². The van der Waals surface area contributed by atoms with Crippen molar-refractivity contribution in [2.45, 2.75) is 121 Å². The van der Waals surface area contributed by atoms with E-state index in [1.54, 1.807) is 18.2 Å². The van der Waals surface area contributed by atoms with E-state index in [2.05, 4.69) is 62.8 Å². The van der Waals surface area contributed by atoms with Crippen LogP contribution >= 0.6 is 0 Å². The van der Waals surface area contributed by atoms with Crippen LogP contribution in [-0.2, 0) is 4.74 Å². The number of methoxy groups -OCH3 is 1. The summed E-state index contributed by atoms with van der Waals surface area (Å²) < 4.78 is 72.9. The van der Waals surface area contributed by atoms with E-state index in [1.807, 2.05) is 6.92 Å². The van der Waals surface area contributed by atoms with E-state index in [4.69, 9.17) is 33.9 Å². The highest BCUT2D eigenvalue weighted by Gasteiger charge is 2.50. The fourth-order valence-electron chi connectivity index (χ4n) is 10.6. The van der Waals surface area contributed by atoms with Gasteiger partial charge in [0.05, 0.1) is 17.1 Å². The van der Waals surface area contributed by atoms with Crippen LogP contribution in [-0.4, -0.2) is 91.9 Å². The molecule has 0 unspecified atom stereocenters. The molecule has 0 aliphatic carbocycles. The number of halogens is 3. The number of nitrogens with zero attached hydrogens (tertiary/aromatic N) is 5. The lowest BCUT2D eigenvalue weighted by molar-refractivity contribution is 0.0512. The molecule has 0 radical (unpaired) electrons. The van der Waals surface area contributed by atoms with Crippen LogP contribution in [0.4, 0.5) is 19.0 Å². The average molecular weight is 802 g/mol. The van der Waals surface area contributed by atoms with E-state index in [0.29, 0.717) is 63.9 Å². The lowest BCUT2D eigenvalue weighted by Crippen LogP contribution is -2.43. The fraction of sp³-hybridized carbons (Fsp3) is 0.568. The Balaban J connectivity index is 1.36. The van der Waals surface area contributed by atoms with Crippen molar-refractivity contribution in [1.29, 1.82) is 0 Å². The maximum Gasteiger partial charge on any atom is 0.319 e. The zero-order valence-electron chi connectivity index (χ0n) is 34.3. The highest BCUT2D eigenvalue weighted by Crippen LogP contribution is 2.47.